The summed E-state index contributed by atoms with van der Waals surface area (Å²) in [6.07, 6.45) is 4.16. The average Bonchev–Trinajstić information content (AvgIpc) is 2.22. The van der Waals surface area contributed by atoms with Crippen LogP contribution in [0.2, 0.25) is 0 Å². The zero-order valence-corrected chi connectivity index (χ0v) is 10.6. The Morgan fingerprint density at radius 3 is 2.20 bits per heavy atom. The first-order valence-electron chi connectivity index (χ1n) is 6.13. The molecule has 3 heteroatoms. The van der Waals surface area contributed by atoms with Gasteiger partial charge in [0.1, 0.15) is 0 Å². The van der Waals surface area contributed by atoms with Crippen molar-refractivity contribution in [3.8, 4) is 0 Å². The first-order chi connectivity index (χ1) is 7.08. The molecule has 90 valence electrons. The average molecular weight is 214 g/mol. The first-order valence-corrected chi connectivity index (χ1v) is 6.13. The zero-order valence-electron chi connectivity index (χ0n) is 10.6. The van der Waals surface area contributed by atoms with Gasteiger partial charge in [-0.1, -0.05) is 27.2 Å². The van der Waals surface area contributed by atoms with Crippen molar-refractivity contribution in [2.75, 3.05) is 6.54 Å². The summed E-state index contributed by atoms with van der Waals surface area (Å²) in [4.78, 5) is 13.6. The highest BCUT2D eigenvalue weighted by atomic mass is 16.1. The number of rotatable bonds is 8. The van der Waals surface area contributed by atoms with E-state index in [-0.39, 0.29) is 11.9 Å². The summed E-state index contributed by atoms with van der Waals surface area (Å²) in [5.41, 5.74) is 5.43. The van der Waals surface area contributed by atoms with Crippen molar-refractivity contribution in [2.45, 2.75) is 65.5 Å². The molecule has 2 unspecified atom stereocenters. The summed E-state index contributed by atoms with van der Waals surface area (Å²) in [5, 5.41) is 0. The van der Waals surface area contributed by atoms with E-state index in [0.717, 1.165) is 32.2 Å². The number of carbonyl (C=O) groups is 1. The Labute approximate surface area is 94.0 Å². The van der Waals surface area contributed by atoms with Crippen LogP contribution >= 0.6 is 0 Å². The van der Waals surface area contributed by atoms with Gasteiger partial charge in [-0.2, -0.15) is 0 Å². The lowest BCUT2D eigenvalue weighted by molar-refractivity contribution is -0.124. The van der Waals surface area contributed by atoms with Crippen molar-refractivity contribution in [2.24, 2.45) is 5.73 Å². The smallest absolute Gasteiger partial charge is 0.234 e. The molecule has 0 fully saturated rings. The molecule has 0 aliphatic rings. The number of unbranched alkanes of at least 4 members (excludes halogenated alkanes) is 1. The lowest BCUT2D eigenvalue weighted by Gasteiger charge is -2.33. The number of nitrogens with two attached hydrogens (primary N) is 1. The molecule has 0 saturated heterocycles. The first kappa shape index (κ1) is 14.4. The number of hydrogen-bond donors (Lipinski definition) is 1. The van der Waals surface area contributed by atoms with E-state index >= 15 is 0 Å². The largest absolute Gasteiger partial charge is 0.368 e. The van der Waals surface area contributed by atoms with Crippen molar-refractivity contribution in [1.82, 2.24) is 4.90 Å². The van der Waals surface area contributed by atoms with Gasteiger partial charge >= 0.3 is 0 Å². The van der Waals surface area contributed by atoms with Crippen molar-refractivity contribution in [3.05, 3.63) is 0 Å². The van der Waals surface area contributed by atoms with E-state index in [4.69, 9.17) is 5.73 Å². The van der Waals surface area contributed by atoms with E-state index in [1.165, 1.54) is 0 Å². The van der Waals surface area contributed by atoms with Crippen molar-refractivity contribution in [1.29, 1.82) is 0 Å². The molecule has 1 amide bonds. The van der Waals surface area contributed by atoms with E-state index in [9.17, 15) is 4.79 Å². The molecule has 0 aromatic heterocycles. The zero-order chi connectivity index (χ0) is 11.8. The maximum atomic E-state index is 11.3. The van der Waals surface area contributed by atoms with Gasteiger partial charge in [-0.15, -0.1) is 0 Å². The normalized spacial score (nSPS) is 15.3. The predicted octanol–water partition coefficient (Wildman–Crippen LogP) is 2.15. The molecule has 0 heterocycles. The molecule has 0 rings (SSSR count). The third-order valence-corrected chi connectivity index (χ3v) is 3.04. The summed E-state index contributed by atoms with van der Waals surface area (Å²) in [5.74, 6) is -0.186. The molecule has 0 aliphatic carbocycles. The third kappa shape index (κ3) is 4.65. The fourth-order valence-electron chi connectivity index (χ4n) is 1.86. The number of hydrogen-bond acceptors (Lipinski definition) is 2. The van der Waals surface area contributed by atoms with Crippen LogP contribution in [0, 0.1) is 0 Å². The predicted molar refractivity (Wildman–Crippen MR) is 64.6 cm³/mol. The van der Waals surface area contributed by atoms with E-state index in [1.807, 2.05) is 6.92 Å². The SMILES string of the molecule is CCCCN(C(C)CC)C(CC)C(N)=O. The van der Waals surface area contributed by atoms with Crippen LogP contribution in [0.3, 0.4) is 0 Å². The van der Waals surface area contributed by atoms with E-state index in [0.29, 0.717) is 6.04 Å². The van der Waals surface area contributed by atoms with Crippen LogP contribution in [0.4, 0.5) is 0 Å². The van der Waals surface area contributed by atoms with Crippen LogP contribution in [0.25, 0.3) is 0 Å². The van der Waals surface area contributed by atoms with Gasteiger partial charge in [0, 0.05) is 6.04 Å². The number of carbonyl (C=O) groups excluding carboxylic acids is 1. The number of primary amides is 1. The second-order valence-electron chi connectivity index (χ2n) is 4.18. The summed E-state index contributed by atoms with van der Waals surface area (Å²) < 4.78 is 0. The van der Waals surface area contributed by atoms with E-state index in [1.54, 1.807) is 0 Å². The Morgan fingerprint density at radius 1 is 1.27 bits per heavy atom. The summed E-state index contributed by atoms with van der Waals surface area (Å²) in [6, 6.07) is 0.348. The third-order valence-electron chi connectivity index (χ3n) is 3.04. The molecule has 0 aromatic carbocycles. The fraction of sp³-hybridized carbons (Fsp3) is 0.917. The molecule has 0 radical (unpaired) electrons. The molecule has 2 N–H and O–H groups in total. The van der Waals surface area contributed by atoms with Gasteiger partial charge in [0.2, 0.25) is 5.91 Å². The van der Waals surface area contributed by atoms with Gasteiger partial charge in [0.15, 0.2) is 0 Å². The number of nitrogens with zero attached hydrogens (tertiary/aromatic N) is 1. The Balaban J connectivity index is 4.49. The van der Waals surface area contributed by atoms with Gasteiger partial charge in [-0.05, 0) is 32.7 Å². The van der Waals surface area contributed by atoms with Crippen LogP contribution < -0.4 is 5.73 Å². The topological polar surface area (TPSA) is 46.3 Å². The van der Waals surface area contributed by atoms with Crippen molar-refractivity contribution in [3.63, 3.8) is 0 Å². The monoisotopic (exact) mass is 214 g/mol. The van der Waals surface area contributed by atoms with Gasteiger partial charge in [0.25, 0.3) is 0 Å². The van der Waals surface area contributed by atoms with Crippen LogP contribution in [0.15, 0.2) is 0 Å². The summed E-state index contributed by atoms with van der Waals surface area (Å²) in [7, 11) is 0. The Kier molecular flexibility index (Phi) is 7.39. The van der Waals surface area contributed by atoms with Gasteiger partial charge < -0.3 is 5.73 Å². The molecule has 2 atom stereocenters. The van der Waals surface area contributed by atoms with Crippen molar-refractivity contribution >= 4 is 5.91 Å². The van der Waals surface area contributed by atoms with Crippen LogP contribution in [-0.4, -0.2) is 29.4 Å². The highest BCUT2D eigenvalue weighted by Crippen LogP contribution is 2.13. The molecular formula is C12H26N2O. The Hall–Kier alpha value is -0.570. The maximum absolute atomic E-state index is 11.3. The molecule has 0 bridgehead atoms. The molecule has 0 aromatic rings. The fourth-order valence-corrected chi connectivity index (χ4v) is 1.86. The van der Waals surface area contributed by atoms with E-state index in [2.05, 4.69) is 25.7 Å². The molecule has 0 spiro atoms. The molecular weight excluding hydrogens is 188 g/mol. The Bertz CT molecular complexity index is 182. The van der Waals surface area contributed by atoms with Crippen molar-refractivity contribution < 1.29 is 4.79 Å². The van der Waals surface area contributed by atoms with Gasteiger partial charge in [0.05, 0.1) is 6.04 Å². The number of amides is 1. The molecule has 15 heavy (non-hydrogen) atoms. The summed E-state index contributed by atoms with van der Waals surface area (Å²) >= 11 is 0. The Morgan fingerprint density at radius 2 is 1.87 bits per heavy atom. The summed E-state index contributed by atoms with van der Waals surface area (Å²) in [6.45, 7) is 9.49. The molecule has 3 nitrogen and oxygen atoms in total. The van der Waals surface area contributed by atoms with Crippen LogP contribution in [0.5, 0.6) is 0 Å². The standard InChI is InChI=1S/C12H26N2O/c1-5-8-9-14(10(4)6-2)11(7-3)12(13)15/h10-11H,5-9H2,1-4H3,(H2,13,15). The minimum atomic E-state index is -0.186. The van der Waals surface area contributed by atoms with Gasteiger partial charge in [-0.3, -0.25) is 9.69 Å². The highest BCUT2D eigenvalue weighted by molar-refractivity contribution is 5.79. The molecule has 0 aliphatic heterocycles. The van der Waals surface area contributed by atoms with Gasteiger partial charge in [-0.25, -0.2) is 0 Å². The lowest BCUT2D eigenvalue weighted by Crippen LogP contribution is -2.48. The molecule has 0 saturated carbocycles. The highest BCUT2D eigenvalue weighted by Gasteiger charge is 2.24. The van der Waals surface area contributed by atoms with Crippen LogP contribution in [-0.2, 0) is 4.79 Å². The quantitative estimate of drug-likeness (QED) is 0.673. The lowest BCUT2D eigenvalue weighted by atomic mass is 10.1. The second kappa shape index (κ2) is 7.69. The maximum Gasteiger partial charge on any atom is 0.234 e. The minimum Gasteiger partial charge on any atom is -0.368 e. The minimum absolute atomic E-state index is 0.0912. The van der Waals surface area contributed by atoms with Crippen LogP contribution in [0.1, 0.15) is 53.4 Å². The van der Waals surface area contributed by atoms with E-state index < -0.39 is 0 Å². The second-order valence-corrected chi connectivity index (χ2v) is 4.18.